The van der Waals surface area contributed by atoms with Crippen LogP contribution < -0.4 is 0 Å². The number of aliphatic hydroxyl groups is 1. The number of nitrogens with zero attached hydrogens (tertiary/aromatic N) is 1. The van der Waals surface area contributed by atoms with Crippen molar-refractivity contribution in [1.82, 2.24) is 4.90 Å². The van der Waals surface area contributed by atoms with Gasteiger partial charge in [-0.3, -0.25) is 0 Å². The molecule has 0 spiro atoms. The lowest BCUT2D eigenvalue weighted by Crippen LogP contribution is -2.26. The minimum absolute atomic E-state index is 0.192. The minimum atomic E-state index is -0.192. The molecule has 5 heteroatoms. The van der Waals surface area contributed by atoms with Crippen LogP contribution in [0.2, 0.25) is 0 Å². The van der Waals surface area contributed by atoms with Crippen molar-refractivity contribution in [2.24, 2.45) is 0 Å². The lowest BCUT2D eigenvalue weighted by atomic mass is 10.5. The number of hydrogen-bond donors (Lipinski definition) is 1. The molecule has 0 unspecified atom stereocenters. The van der Waals surface area contributed by atoms with Crippen molar-refractivity contribution in [3.05, 3.63) is 0 Å². The Morgan fingerprint density at radius 3 is 3.00 bits per heavy atom. The van der Waals surface area contributed by atoms with E-state index in [0.29, 0.717) is 6.61 Å². The van der Waals surface area contributed by atoms with Gasteiger partial charge >= 0.3 is 6.09 Å². The van der Waals surface area contributed by atoms with Gasteiger partial charge in [-0.05, 0) is 12.2 Å². The normalized spacial score (nSPS) is 16.4. The number of thioether (sulfide) groups is 1. The third kappa shape index (κ3) is 3.87. The molecule has 1 amide bonds. The first kappa shape index (κ1) is 10.7. The Morgan fingerprint density at radius 1 is 1.54 bits per heavy atom. The van der Waals surface area contributed by atoms with Crippen molar-refractivity contribution < 1.29 is 14.6 Å². The van der Waals surface area contributed by atoms with E-state index in [9.17, 15) is 4.79 Å². The molecule has 1 aliphatic heterocycles. The highest BCUT2D eigenvalue weighted by Crippen LogP contribution is 2.07. The number of aliphatic hydroxyl groups excluding tert-OH is 1. The van der Waals surface area contributed by atoms with Crippen molar-refractivity contribution in [3.8, 4) is 0 Å². The van der Waals surface area contributed by atoms with E-state index < -0.39 is 0 Å². The van der Waals surface area contributed by atoms with Crippen LogP contribution in [-0.2, 0) is 4.74 Å². The highest BCUT2D eigenvalue weighted by Gasteiger charge is 2.20. The second-order valence-electron chi connectivity index (χ2n) is 2.79. The average molecular weight is 205 g/mol. The van der Waals surface area contributed by atoms with E-state index in [4.69, 9.17) is 9.84 Å². The van der Waals surface area contributed by atoms with Crippen LogP contribution in [0.15, 0.2) is 0 Å². The van der Waals surface area contributed by atoms with Gasteiger partial charge in [0.25, 0.3) is 0 Å². The van der Waals surface area contributed by atoms with Crippen LogP contribution in [0.25, 0.3) is 0 Å². The summed E-state index contributed by atoms with van der Waals surface area (Å²) in [5, 5.41) is 8.52. The topological polar surface area (TPSA) is 49.8 Å². The molecular formula is C8H15NO3S. The van der Waals surface area contributed by atoms with Gasteiger partial charge in [0.1, 0.15) is 6.61 Å². The van der Waals surface area contributed by atoms with Crippen LogP contribution in [-0.4, -0.2) is 53.9 Å². The third-order valence-electron chi connectivity index (χ3n) is 1.80. The molecule has 0 aromatic carbocycles. The van der Waals surface area contributed by atoms with Crippen molar-refractivity contribution >= 4 is 17.9 Å². The fourth-order valence-corrected chi connectivity index (χ4v) is 1.96. The first-order chi connectivity index (χ1) is 6.34. The average Bonchev–Trinajstić information content (AvgIpc) is 2.52. The first-order valence-electron chi connectivity index (χ1n) is 4.45. The predicted molar refractivity (Wildman–Crippen MR) is 51.9 cm³/mol. The molecule has 1 heterocycles. The third-order valence-corrected chi connectivity index (χ3v) is 2.85. The van der Waals surface area contributed by atoms with E-state index in [2.05, 4.69) is 0 Å². The van der Waals surface area contributed by atoms with Crippen LogP contribution in [0, 0.1) is 0 Å². The lowest BCUT2D eigenvalue weighted by molar-refractivity contribution is 0.160. The second kappa shape index (κ2) is 6.10. The number of hydrogen-bond acceptors (Lipinski definition) is 4. The van der Waals surface area contributed by atoms with Gasteiger partial charge in [-0.15, -0.1) is 0 Å². The van der Waals surface area contributed by atoms with Crippen LogP contribution >= 0.6 is 11.8 Å². The lowest BCUT2D eigenvalue weighted by Gasteiger charge is -2.11. The summed E-state index contributed by atoms with van der Waals surface area (Å²) in [7, 11) is 0. The smallest absolute Gasteiger partial charge is 0.409 e. The molecule has 0 aromatic rings. The highest BCUT2D eigenvalue weighted by molar-refractivity contribution is 7.99. The Balaban J connectivity index is 1.96. The SMILES string of the molecule is O=C1OCCN1CCSCCCO. The molecule has 1 fully saturated rings. The fraction of sp³-hybridized carbons (Fsp3) is 0.875. The quantitative estimate of drug-likeness (QED) is 0.643. The Hall–Kier alpha value is -0.420. The number of carbonyl (C=O) groups excluding carboxylic acids is 1. The van der Waals surface area contributed by atoms with Crippen molar-refractivity contribution in [2.45, 2.75) is 6.42 Å². The van der Waals surface area contributed by atoms with Gasteiger partial charge in [-0.25, -0.2) is 4.79 Å². The number of rotatable bonds is 6. The Labute approximate surface area is 82.2 Å². The summed E-state index contributed by atoms with van der Waals surface area (Å²) in [6.07, 6.45) is 0.637. The summed E-state index contributed by atoms with van der Waals surface area (Å²) in [6, 6.07) is 0. The first-order valence-corrected chi connectivity index (χ1v) is 5.60. The van der Waals surface area contributed by atoms with Crippen molar-refractivity contribution in [1.29, 1.82) is 0 Å². The zero-order chi connectivity index (χ0) is 9.52. The van der Waals surface area contributed by atoms with Crippen LogP contribution in [0.5, 0.6) is 0 Å². The molecule has 13 heavy (non-hydrogen) atoms. The molecular weight excluding hydrogens is 190 g/mol. The molecule has 76 valence electrons. The molecule has 1 saturated heterocycles. The maximum absolute atomic E-state index is 10.9. The van der Waals surface area contributed by atoms with Gasteiger partial charge in [0.2, 0.25) is 0 Å². The van der Waals surface area contributed by atoms with E-state index in [-0.39, 0.29) is 12.7 Å². The van der Waals surface area contributed by atoms with E-state index in [1.807, 2.05) is 0 Å². The van der Waals surface area contributed by atoms with Crippen molar-refractivity contribution in [2.75, 3.05) is 37.8 Å². The molecule has 0 radical (unpaired) electrons. The summed E-state index contributed by atoms with van der Waals surface area (Å²) < 4.78 is 4.78. The zero-order valence-corrected chi connectivity index (χ0v) is 8.39. The Bertz CT molecular complexity index is 165. The summed E-state index contributed by atoms with van der Waals surface area (Å²) in [4.78, 5) is 12.7. The minimum Gasteiger partial charge on any atom is -0.448 e. The Kier molecular flexibility index (Phi) is 5.00. The monoisotopic (exact) mass is 205 g/mol. The van der Waals surface area contributed by atoms with Gasteiger partial charge in [0, 0.05) is 18.9 Å². The molecule has 1 N–H and O–H groups in total. The van der Waals surface area contributed by atoms with Gasteiger partial charge in [-0.2, -0.15) is 11.8 Å². The van der Waals surface area contributed by atoms with E-state index in [0.717, 1.165) is 31.0 Å². The number of ether oxygens (including phenoxy) is 1. The van der Waals surface area contributed by atoms with Gasteiger partial charge in [-0.1, -0.05) is 0 Å². The fourth-order valence-electron chi connectivity index (χ4n) is 1.07. The summed E-state index contributed by atoms with van der Waals surface area (Å²) in [5.41, 5.74) is 0. The summed E-state index contributed by atoms with van der Waals surface area (Å²) in [5.74, 6) is 1.88. The van der Waals surface area contributed by atoms with Crippen LogP contribution in [0.4, 0.5) is 4.79 Å². The molecule has 0 aliphatic carbocycles. The van der Waals surface area contributed by atoms with Gasteiger partial charge < -0.3 is 14.7 Å². The summed E-state index contributed by atoms with van der Waals surface area (Å²) >= 11 is 1.76. The largest absolute Gasteiger partial charge is 0.448 e. The molecule has 4 nitrogen and oxygen atoms in total. The van der Waals surface area contributed by atoms with Gasteiger partial charge in [0.15, 0.2) is 0 Å². The molecule has 0 atom stereocenters. The molecule has 0 bridgehead atoms. The van der Waals surface area contributed by atoms with E-state index in [1.54, 1.807) is 16.7 Å². The molecule has 0 aromatic heterocycles. The van der Waals surface area contributed by atoms with Crippen molar-refractivity contribution in [3.63, 3.8) is 0 Å². The molecule has 1 aliphatic rings. The number of amides is 1. The van der Waals surface area contributed by atoms with Crippen LogP contribution in [0.3, 0.4) is 0 Å². The molecule has 1 rings (SSSR count). The van der Waals surface area contributed by atoms with E-state index in [1.165, 1.54) is 0 Å². The van der Waals surface area contributed by atoms with Gasteiger partial charge in [0.05, 0.1) is 6.54 Å². The standard InChI is InChI=1S/C8H15NO3S/c10-4-1-6-13-7-3-9-2-5-12-8(9)11/h10H,1-7H2. The zero-order valence-electron chi connectivity index (χ0n) is 7.57. The second-order valence-corrected chi connectivity index (χ2v) is 4.02. The highest BCUT2D eigenvalue weighted by atomic mass is 32.2. The molecule has 0 saturated carbocycles. The predicted octanol–water partition coefficient (Wildman–Crippen LogP) is 0.554. The number of cyclic esters (lactones) is 1. The maximum atomic E-state index is 10.9. The Morgan fingerprint density at radius 2 is 2.38 bits per heavy atom. The van der Waals surface area contributed by atoms with E-state index >= 15 is 0 Å². The maximum Gasteiger partial charge on any atom is 0.409 e. The number of carbonyl (C=O) groups is 1. The summed E-state index contributed by atoms with van der Waals surface area (Å²) in [6.45, 7) is 2.26. The van der Waals surface area contributed by atoms with Crippen LogP contribution in [0.1, 0.15) is 6.42 Å².